The SMILES string of the molecule is O=C1CCCC[C@H]1Sc1nnc(N2CCCCC2)n1-c1ccccc1. The fourth-order valence-corrected chi connectivity index (χ4v) is 4.81. The summed E-state index contributed by atoms with van der Waals surface area (Å²) in [6.07, 6.45) is 7.49. The third kappa shape index (κ3) is 3.59. The highest BCUT2D eigenvalue weighted by Crippen LogP contribution is 2.34. The average molecular weight is 356 g/mol. The molecule has 0 radical (unpaired) electrons. The Morgan fingerprint density at radius 3 is 2.52 bits per heavy atom. The maximum absolute atomic E-state index is 12.3. The van der Waals surface area contributed by atoms with Gasteiger partial charge in [0.2, 0.25) is 5.95 Å². The van der Waals surface area contributed by atoms with Crippen molar-refractivity contribution in [3.63, 3.8) is 0 Å². The summed E-state index contributed by atoms with van der Waals surface area (Å²) < 4.78 is 2.14. The van der Waals surface area contributed by atoms with Crippen molar-refractivity contribution in [1.82, 2.24) is 14.8 Å². The van der Waals surface area contributed by atoms with E-state index in [1.54, 1.807) is 11.8 Å². The molecule has 1 saturated heterocycles. The highest BCUT2D eigenvalue weighted by atomic mass is 32.2. The Hall–Kier alpha value is -1.82. The number of piperidine rings is 1. The molecule has 0 bridgehead atoms. The van der Waals surface area contributed by atoms with E-state index in [0.717, 1.165) is 49.1 Å². The molecule has 0 amide bonds. The lowest BCUT2D eigenvalue weighted by molar-refractivity contribution is -0.119. The van der Waals surface area contributed by atoms with E-state index < -0.39 is 0 Å². The fraction of sp³-hybridized carbons (Fsp3) is 0.526. The van der Waals surface area contributed by atoms with Crippen LogP contribution in [0.4, 0.5) is 5.95 Å². The van der Waals surface area contributed by atoms with Crippen molar-refractivity contribution in [2.45, 2.75) is 55.4 Å². The Balaban J connectivity index is 1.68. The number of thioether (sulfide) groups is 1. The number of hydrogen-bond donors (Lipinski definition) is 0. The van der Waals surface area contributed by atoms with Gasteiger partial charge in [-0.25, -0.2) is 0 Å². The van der Waals surface area contributed by atoms with E-state index in [1.807, 2.05) is 18.2 Å². The summed E-state index contributed by atoms with van der Waals surface area (Å²) in [4.78, 5) is 14.6. The van der Waals surface area contributed by atoms with Crippen molar-refractivity contribution >= 4 is 23.5 Å². The summed E-state index contributed by atoms with van der Waals surface area (Å²) in [6, 6.07) is 10.3. The van der Waals surface area contributed by atoms with Gasteiger partial charge in [0.1, 0.15) is 5.78 Å². The highest BCUT2D eigenvalue weighted by Gasteiger charge is 2.28. The molecule has 1 aromatic carbocycles. The number of nitrogens with zero attached hydrogens (tertiary/aromatic N) is 4. The smallest absolute Gasteiger partial charge is 0.232 e. The van der Waals surface area contributed by atoms with Crippen LogP contribution in [0.5, 0.6) is 0 Å². The first-order chi connectivity index (χ1) is 12.3. The molecule has 4 rings (SSSR count). The third-order valence-corrected chi connectivity index (χ3v) is 6.27. The molecule has 6 heteroatoms. The van der Waals surface area contributed by atoms with Gasteiger partial charge in [-0.15, -0.1) is 10.2 Å². The van der Waals surface area contributed by atoms with E-state index in [0.29, 0.717) is 12.2 Å². The molecular weight excluding hydrogens is 332 g/mol. The number of Topliss-reactive ketones (excluding diaryl/α,β-unsaturated/α-hetero) is 1. The van der Waals surface area contributed by atoms with Gasteiger partial charge in [-0.1, -0.05) is 36.4 Å². The third-order valence-electron chi connectivity index (χ3n) is 5.02. The predicted molar refractivity (Wildman–Crippen MR) is 101 cm³/mol. The normalized spacial score (nSPS) is 21.5. The van der Waals surface area contributed by atoms with Crippen molar-refractivity contribution in [3.8, 4) is 5.69 Å². The number of ketones is 1. The molecule has 2 aliphatic rings. The molecule has 1 atom stereocenters. The molecular formula is C19H24N4OS. The van der Waals surface area contributed by atoms with E-state index in [-0.39, 0.29) is 5.25 Å². The minimum Gasteiger partial charge on any atom is -0.341 e. The van der Waals surface area contributed by atoms with Crippen molar-refractivity contribution in [1.29, 1.82) is 0 Å². The second kappa shape index (κ2) is 7.60. The summed E-state index contributed by atoms with van der Waals surface area (Å²) in [7, 11) is 0. The fourth-order valence-electron chi connectivity index (χ4n) is 3.64. The molecule has 1 aromatic heterocycles. The quantitative estimate of drug-likeness (QED) is 0.832. The standard InChI is InChI=1S/C19H24N4OS/c24-16-11-5-6-12-17(16)25-19-21-20-18(22-13-7-2-8-14-22)23(19)15-9-3-1-4-10-15/h1,3-4,9-10,17H,2,5-8,11-14H2/t17-/m1/s1. The Morgan fingerprint density at radius 1 is 0.960 bits per heavy atom. The van der Waals surface area contributed by atoms with Gasteiger partial charge in [0.15, 0.2) is 5.16 Å². The number of benzene rings is 1. The van der Waals surface area contributed by atoms with Gasteiger partial charge >= 0.3 is 0 Å². The van der Waals surface area contributed by atoms with Crippen molar-refractivity contribution in [2.24, 2.45) is 0 Å². The number of anilines is 1. The van der Waals surface area contributed by atoms with E-state index in [4.69, 9.17) is 0 Å². The van der Waals surface area contributed by atoms with Gasteiger partial charge in [0, 0.05) is 19.5 Å². The van der Waals surface area contributed by atoms with Crippen LogP contribution in [0.3, 0.4) is 0 Å². The zero-order chi connectivity index (χ0) is 17.1. The van der Waals surface area contributed by atoms with E-state index in [1.165, 1.54) is 19.3 Å². The van der Waals surface area contributed by atoms with Gasteiger partial charge < -0.3 is 4.90 Å². The first kappa shape index (κ1) is 16.6. The number of rotatable bonds is 4. The minimum atomic E-state index is 0.0228. The Bertz CT molecular complexity index is 724. The van der Waals surface area contributed by atoms with Crippen molar-refractivity contribution in [3.05, 3.63) is 30.3 Å². The second-order valence-corrected chi connectivity index (χ2v) is 7.99. The minimum absolute atomic E-state index is 0.0228. The Labute approximate surface area is 152 Å². The Kier molecular flexibility index (Phi) is 5.06. The number of para-hydroxylation sites is 1. The van der Waals surface area contributed by atoms with Crippen LogP contribution < -0.4 is 4.90 Å². The number of carbonyl (C=O) groups is 1. The van der Waals surface area contributed by atoms with Gasteiger partial charge in [0.05, 0.1) is 10.9 Å². The molecule has 2 aromatic rings. The van der Waals surface area contributed by atoms with Crippen LogP contribution in [0.1, 0.15) is 44.9 Å². The van der Waals surface area contributed by atoms with E-state index in [9.17, 15) is 4.79 Å². The van der Waals surface area contributed by atoms with Crippen LogP contribution in [-0.2, 0) is 4.79 Å². The maximum Gasteiger partial charge on any atom is 0.232 e. The molecule has 0 spiro atoms. The molecule has 2 heterocycles. The van der Waals surface area contributed by atoms with Crippen LogP contribution in [-0.4, -0.2) is 38.9 Å². The van der Waals surface area contributed by atoms with Crippen LogP contribution in [0.15, 0.2) is 35.5 Å². The zero-order valence-electron chi connectivity index (χ0n) is 14.4. The lowest BCUT2D eigenvalue weighted by Crippen LogP contribution is -2.31. The summed E-state index contributed by atoms with van der Waals surface area (Å²) >= 11 is 1.59. The molecule has 25 heavy (non-hydrogen) atoms. The number of carbonyl (C=O) groups excluding carboxylic acids is 1. The predicted octanol–water partition coefficient (Wildman–Crippen LogP) is 3.86. The van der Waals surface area contributed by atoms with Crippen molar-refractivity contribution in [2.75, 3.05) is 18.0 Å². The van der Waals surface area contributed by atoms with E-state index >= 15 is 0 Å². The van der Waals surface area contributed by atoms with Gasteiger partial charge in [-0.05, 0) is 44.2 Å². The van der Waals surface area contributed by atoms with Crippen LogP contribution in [0, 0.1) is 0 Å². The first-order valence-corrected chi connectivity index (χ1v) is 10.2. The maximum atomic E-state index is 12.3. The largest absolute Gasteiger partial charge is 0.341 e. The monoisotopic (exact) mass is 356 g/mol. The number of aromatic nitrogens is 3. The molecule has 2 fully saturated rings. The first-order valence-electron chi connectivity index (χ1n) is 9.28. The number of hydrogen-bond acceptors (Lipinski definition) is 5. The zero-order valence-corrected chi connectivity index (χ0v) is 15.2. The van der Waals surface area contributed by atoms with Crippen LogP contribution >= 0.6 is 11.8 Å². The molecule has 1 aliphatic heterocycles. The molecule has 0 unspecified atom stereocenters. The van der Waals surface area contributed by atoms with Crippen LogP contribution in [0.2, 0.25) is 0 Å². The Morgan fingerprint density at radius 2 is 1.76 bits per heavy atom. The lowest BCUT2D eigenvalue weighted by Gasteiger charge is -2.28. The molecule has 1 aliphatic carbocycles. The summed E-state index contributed by atoms with van der Waals surface area (Å²) in [5.41, 5.74) is 1.07. The summed E-state index contributed by atoms with van der Waals surface area (Å²) in [5.74, 6) is 1.27. The second-order valence-electron chi connectivity index (χ2n) is 6.82. The van der Waals surface area contributed by atoms with Gasteiger partial charge in [0.25, 0.3) is 0 Å². The summed E-state index contributed by atoms with van der Waals surface area (Å²) in [5, 5.41) is 9.85. The molecule has 132 valence electrons. The molecule has 1 saturated carbocycles. The lowest BCUT2D eigenvalue weighted by atomic mass is 9.99. The van der Waals surface area contributed by atoms with Gasteiger partial charge in [-0.2, -0.15) is 0 Å². The van der Waals surface area contributed by atoms with Gasteiger partial charge in [-0.3, -0.25) is 9.36 Å². The average Bonchev–Trinajstić information content (AvgIpc) is 3.09. The molecule has 0 N–H and O–H groups in total. The topological polar surface area (TPSA) is 51.0 Å². The van der Waals surface area contributed by atoms with Crippen molar-refractivity contribution < 1.29 is 4.79 Å². The van der Waals surface area contributed by atoms with Crippen LogP contribution in [0.25, 0.3) is 5.69 Å². The van der Waals surface area contributed by atoms with E-state index in [2.05, 4.69) is 31.8 Å². The molecule has 5 nitrogen and oxygen atoms in total. The highest BCUT2D eigenvalue weighted by molar-refractivity contribution is 8.00. The summed E-state index contributed by atoms with van der Waals surface area (Å²) in [6.45, 7) is 2.05.